The molecule has 150 valence electrons. The van der Waals surface area contributed by atoms with E-state index in [1.54, 1.807) is 12.1 Å². The first kappa shape index (κ1) is 22.8. The number of carbonyl (C=O) groups is 1. The summed E-state index contributed by atoms with van der Waals surface area (Å²) in [6.07, 6.45) is 11.2. The van der Waals surface area contributed by atoms with Gasteiger partial charge in [0.2, 0.25) is 0 Å². The van der Waals surface area contributed by atoms with Crippen LogP contribution in [0.15, 0.2) is 35.4 Å². The van der Waals surface area contributed by atoms with Gasteiger partial charge in [0.25, 0.3) is 0 Å². The Morgan fingerprint density at radius 2 is 1.56 bits per heavy atom. The van der Waals surface area contributed by atoms with E-state index < -0.39 is 5.97 Å². The summed E-state index contributed by atoms with van der Waals surface area (Å²) in [5.74, 6) is -0.463. The molecule has 1 aromatic carbocycles. The number of aliphatic carboxylic acids is 1. The topological polar surface area (TPSA) is 77.8 Å². The third kappa shape index (κ3) is 9.88. The van der Waals surface area contributed by atoms with Crippen molar-refractivity contribution in [1.29, 1.82) is 0 Å². The Kier molecular flexibility index (Phi) is 10.3. The zero-order valence-electron chi connectivity index (χ0n) is 16.9. The number of carboxylic acid groups (broad SMARTS) is 1. The molecule has 0 unspecified atom stereocenters. The summed E-state index contributed by atoms with van der Waals surface area (Å²) in [5.41, 5.74) is 4.05. The van der Waals surface area contributed by atoms with Crippen LogP contribution in [0.5, 0.6) is 11.5 Å². The van der Waals surface area contributed by atoms with Gasteiger partial charge in [-0.25, -0.2) is 0 Å². The van der Waals surface area contributed by atoms with Crippen molar-refractivity contribution in [2.45, 2.75) is 78.6 Å². The first-order valence-corrected chi connectivity index (χ1v) is 9.84. The fourth-order valence-electron chi connectivity index (χ4n) is 2.98. The third-order valence-electron chi connectivity index (χ3n) is 4.61. The van der Waals surface area contributed by atoms with Crippen LogP contribution < -0.4 is 0 Å². The average molecular weight is 375 g/mol. The lowest BCUT2D eigenvalue weighted by Crippen LogP contribution is -1.94. The minimum atomic E-state index is -0.748. The largest absolute Gasteiger partial charge is 0.508 e. The number of benzene rings is 1. The predicted octanol–water partition coefficient (Wildman–Crippen LogP) is 5.91. The molecule has 0 fully saturated rings. The van der Waals surface area contributed by atoms with E-state index >= 15 is 0 Å². The highest BCUT2D eigenvalue weighted by atomic mass is 16.4. The lowest BCUT2D eigenvalue weighted by molar-refractivity contribution is -0.137. The molecule has 0 aromatic heterocycles. The van der Waals surface area contributed by atoms with Gasteiger partial charge in [0, 0.05) is 12.0 Å². The van der Waals surface area contributed by atoms with Crippen LogP contribution in [-0.2, 0) is 17.6 Å². The van der Waals surface area contributed by atoms with Gasteiger partial charge in [-0.3, -0.25) is 4.79 Å². The zero-order valence-corrected chi connectivity index (χ0v) is 16.9. The van der Waals surface area contributed by atoms with E-state index in [1.807, 2.05) is 0 Å². The normalized spacial score (nSPS) is 11.4. The summed E-state index contributed by atoms with van der Waals surface area (Å²) < 4.78 is 0. The standard InChI is InChI=1S/C23H34O4/c1-17(2)9-8-10-18(3)13-14-20-21(24)15-19(16-22(20)25)11-6-4-5-7-12-23(26)27/h9,13,15-16,24-25H,4-8,10-12,14H2,1-3H3,(H,26,27). The second-order valence-corrected chi connectivity index (χ2v) is 7.50. The number of aryl methyl sites for hydroxylation is 1. The Bertz CT molecular complexity index is 644. The maximum Gasteiger partial charge on any atom is 0.303 e. The minimum absolute atomic E-state index is 0.143. The summed E-state index contributed by atoms with van der Waals surface area (Å²) in [4.78, 5) is 10.5. The van der Waals surface area contributed by atoms with Gasteiger partial charge in [-0.2, -0.15) is 0 Å². The quantitative estimate of drug-likeness (QED) is 0.314. The Hall–Kier alpha value is -2.23. The highest BCUT2D eigenvalue weighted by Crippen LogP contribution is 2.30. The van der Waals surface area contributed by atoms with E-state index in [2.05, 4.69) is 32.9 Å². The molecule has 4 heteroatoms. The Labute approximate surface area is 163 Å². The van der Waals surface area contributed by atoms with Crippen LogP contribution in [0.1, 0.15) is 76.8 Å². The van der Waals surface area contributed by atoms with E-state index in [1.165, 1.54) is 11.1 Å². The molecule has 27 heavy (non-hydrogen) atoms. The molecule has 4 nitrogen and oxygen atoms in total. The number of phenols is 2. The second kappa shape index (κ2) is 12.2. The molecule has 0 atom stereocenters. The summed E-state index contributed by atoms with van der Waals surface area (Å²) in [6, 6.07) is 3.47. The monoisotopic (exact) mass is 374 g/mol. The molecule has 0 spiro atoms. The van der Waals surface area contributed by atoms with Crippen LogP contribution in [0.3, 0.4) is 0 Å². The zero-order chi connectivity index (χ0) is 20.2. The summed E-state index contributed by atoms with van der Waals surface area (Å²) in [5, 5.41) is 29.2. The lowest BCUT2D eigenvalue weighted by atomic mass is 10.00. The number of phenolic OH excluding ortho intramolecular Hbond substituents is 2. The molecule has 0 bridgehead atoms. The third-order valence-corrected chi connectivity index (χ3v) is 4.61. The van der Waals surface area contributed by atoms with Crippen LogP contribution >= 0.6 is 0 Å². The molecule has 0 aliphatic rings. The maximum atomic E-state index is 10.5. The number of hydrogen-bond donors (Lipinski definition) is 3. The van der Waals surface area contributed by atoms with E-state index in [-0.39, 0.29) is 17.9 Å². The van der Waals surface area contributed by atoms with E-state index in [9.17, 15) is 15.0 Å². The molecule has 0 saturated heterocycles. The van der Waals surface area contributed by atoms with Gasteiger partial charge in [-0.05, 0) is 77.0 Å². The van der Waals surface area contributed by atoms with Crippen molar-refractivity contribution in [3.63, 3.8) is 0 Å². The molecular formula is C23H34O4. The number of carboxylic acids is 1. The first-order valence-electron chi connectivity index (χ1n) is 9.84. The Balaban J connectivity index is 2.52. The SMILES string of the molecule is CC(C)=CCCC(C)=CCc1c(O)cc(CCCCCCC(=O)O)cc1O. The molecule has 0 heterocycles. The van der Waals surface area contributed by atoms with Crippen molar-refractivity contribution >= 4 is 5.97 Å². The number of unbranched alkanes of at least 4 members (excludes halogenated alkanes) is 3. The molecule has 3 N–H and O–H groups in total. The fourth-order valence-corrected chi connectivity index (χ4v) is 2.98. The first-order chi connectivity index (χ1) is 12.8. The van der Waals surface area contributed by atoms with Gasteiger partial charge >= 0.3 is 5.97 Å². The van der Waals surface area contributed by atoms with Gasteiger partial charge in [-0.1, -0.05) is 36.1 Å². The smallest absolute Gasteiger partial charge is 0.303 e. The molecule has 0 saturated carbocycles. The molecule has 0 radical (unpaired) electrons. The number of aromatic hydroxyl groups is 2. The van der Waals surface area contributed by atoms with E-state index in [0.717, 1.165) is 44.1 Å². The molecule has 0 aliphatic carbocycles. The van der Waals surface area contributed by atoms with Gasteiger partial charge in [0.05, 0.1) is 0 Å². The maximum absolute atomic E-state index is 10.5. The Morgan fingerprint density at radius 1 is 0.926 bits per heavy atom. The van der Waals surface area contributed by atoms with Crippen LogP contribution in [-0.4, -0.2) is 21.3 Å². The second-order valence-electron chi connectivity index (χ2n) is 7.50. The van der Waals surface area contributed by atoms with Crippen LogP contribution in [0.25, 0.3) is 0 Å². The molecule has 0 amide bonds. The van der Waals surface area contributed by atoms with Crippen LogP contribution in [0.4, 0.5) is 0 Å². The summed E-state index contributed by atoms with van der Waals surface area (Å²) in [7, 11) is 0. The highest BCUT2D eigenvalue weighted by molar-refractivity contribution is 5.66. The number of hydrogen-bond acceptors (Lipinski definition) is 3. The van der Waals surface area contributed by atoms with Crippen molar-refractivity contribution in [3.8, 4) is 11.5 Å². The number of allylic oxidation sites excluding steroid dienone is 4. The average Bonchev–Trinajstić information content (AvgIpc) is 2.56. The van der Waals surface area contributed by atoms with Crippen molar-refractivity contribution < 1.29 is 20.1 Å². The Morgan fingerprint density at radius 3 is 2.15 bits per heavy atom. The number of rotatable bonds is 12. The van der Waals surface area contributed by atoms with Gasteiger partial charge in [-0.15, -0.1) is 0 Å². The van der Waals surface area contributed by atoms with Crippen molar-refractivity contribution in [1.82, 2.24) is 0 Å². The van der Waals surface area contributed by atoms with Crippen LogP contribution in [0, 0.1) is 0 Å². The van der Waals surface area contributed by atoms with E-state index in [4.69, 9.17) is 5.11 Å². The van der Waals surface area contributed by atoms with Crippen LogP contribution in [0.2, 0.25) is 0 Å². The van der Waals surface area contributed by atoms with Crippen molar-refractivity contribution in [2.75, 3.05) is 0 Å². The summed E-state index contributed by atoms with van der Waals surface area (Å²) in [6.45, 7) is 6.26. The lowest BCUT2D eigenvalue weighted by Gasteiger charge is -2.10. The highest BCUT2D eigenvalue weighted by Gasteiger charge is 2.09. The fraction of sp³-hybridized carbons (Fsp3) is 0.522. The summed E-state index contributed by atoms with van der Waals surface area (Å²) >= 11 is 0. The van der Waals surface area contributed by atoms with E-state index in [0.29, 0.717) is 18.4 Å². The van der Waals surface area contributed by atoms with Gasteiger partial charge in [0.1, 0.15) is 11.5 Å². The van der Waals surface area contributed by atoms with Crippen molar-refractivity contribution in [3.05, 3.63) is 46.6 Å². The molecule has 1 rings (SSSR count). The van der Waals surface area contributed by atoms with Gasteiger partial charge < -0.3 is 15.3 Å². The molecular weight excluding hydrogens is 340 g/mol. The molecule has 1 aromatic rings. The van der Waals surface area contributed by atoms with Gasteiger partial charge in [0.15, 0.2) is 0 Å². The minimum Gasteiger partial charge on any atom is -0.508 e. The molecule has 0 aliphatic heterocycles. The predicted molar refractivity (Wildman–Crippen MR) is 110 cm³/mol. The van der Waals surface area contributed by atoms with Crippen molar-refractivity contribution in [2.24, 2.45) is 0 Å².